The minimum atomic E-state index is -1.09. The van der Waals surface area contributed by atoms with E-state index in [1.807, 2.05) is 0 Å². The van der Waals surface area contributed by atoms with Crippen LogP contribution in [0.4, 0.5) is 5.69 Å². The lowest BCUT2D eigenvalue weighted by atomic mass is 10.1. The largest absolute Gasteiger partial charge is 0.391 e. The predicted octanol–water partition coefficient (Wildman–Crippen LogP) is 0.643. The number of hydrogen-bond acceptors (Lipinski definition) is 5. The first-order valence-electron chi connectivity index (χ1n) is 7.18. The quantitative estimate of drug-likeness (QED) is 0.546. The first-order valence-corrected chi connectivity index (χ1v) is 7.18. The summed E-state index contributed by atoms with van der Waals surface area (Å²) in [6.07, 6.45) is -1.07. The number of hydrogen-bond donors (Lipinski definition) is 3. The summed E-state index contributed by atoms with van der Waals surface area (Å²) >= 11 is 0. The van der Waals surface area contributed by atoms with Gasteiger partial charge in [0.15, 0.2) is 0 Å². The van der Waals surface area contributed by atoms with Crippen LogP contribution in [0.1, 0.15) is 17.4 Å². The molecule has 128 valence electrons. The van der Waals surface area contributed by atoms with Gasteiger partial charge in [-0.1, -0.05) is 0 Å². The molecule has 1 aromatic carbocycles. The third kappa shape index (κ3) is 3.51. The van der Waals surface area contributed by atoms with Crippen molar-refractivity contribution in [1.29, 1.82) is 0 Å². The molecule has 2 rings (SSSR count). The van der Waals surface area contributed by atoms with Gasteiger partial charge in [-0.3, -0.25) is 19.7 Å². The molecule has 9 heteroatoms. The molecule has 2 atom stereocenters. The SMILES string of the molecule is C[C@@H](O)[C@H](NC(=O)c1cc2cc([N+](=O)[O-])ccc2[nH]1)C(=O)N(C)C. The standard InChI is InChI=1S/C15H18N4O5/c1-8(20)13(15(22)18(2)3)17-14(21)12-7-9-6-10(19(23)24)4-5-11(9)16-12/h4-8,13,16,20H,1-3H3,(H,17,21)/t8-,13+/m1/s1. The van der Waals surface area contributed by atoms with Crippen LogP contribution in [0.25, 0.3) is 10.9 Å². The Morgan fingerprint density at radius 1 is 1.33 bits per heavy atom. The summed E-state index contributed by atoms with van der Waals surface area (Å²) in [5, 5.41) is 23.5. The van der Waals surface area contributed by atoms with Crippen LogP contribution in [0, 0.1) is 10.1 Å². The van der Waals surface area contributed by atoms with E-state index in [-0.39, 0.29) is 11.4 Å². The van der Waals surface area contributed by atoms with E-state index in [4.69, 9.17) is 0 Å². The number of aliphatic hydroxyl groups is 1. The van der Waals surface area contributed by atoms with Crippen molar-refractivity contribution in [2.75, 3.05) is 14.1 Å². The monoisotopic (exact) mass is 334 g/mol. The van der Waals surface area contributed by atoms with Gasteiger partial charge in [0.25, 0.3) is 11.6 Å². The summed E-state index contributed by atoms with van der Waals surface area (Å²) in [6, 6.07) is 4.54. The normalized spacial score (nSPS) is 13.3. The zero-order chi connectivity index (χ0) is 18.0. The number of rotatable bonds is 5. The Morgan fingerprint density at radius 3 is 2.54 bits per heavy atom. The van der Waals surface area contributed by atoms with E-state index in [2.05, 4.69) is 10.3 Å². The van der Waals surface area contributed by atoms with E-state index in [1.165, 1.54) is 50.2 Å². The molecule has 9 nitrogen and oxygen atoms in total. The topological polar surface area (TPSA) is 129 Å². The van der Waals surface area contributed by atoms with Crippen LogP contribution in [0.15, 0.2) is 24.3 Å². The summed E-state index contributed by atoms with van der Waals surface area (Å²) in [4.78, 5) is 38.7. The number of nitro groups is 1. The molecule has 0 spiro atoms. The number of H-pyrrole nitrogens is 1. The number of aromatic nitrogens is 1. The number of nitrogens with one attached hydrogen (secondary N) is 2. The number of nitro benzene ring substituents is 1. The van der Waals surface area contributed by atoms with Gasteiger partial charge in [-0.25, -0.2) is 0 Å². The van der Waals surface area contributed by atoms with Crippen molar-refractivity contribution in [3.05, 3.63) is 40.1 Å². The molecule has 0 unspecified atom stereocenters. The fraction of sp³-hybridized carbons (Fsp3) is 0.333. The van der Waals surface area contributed by atoms with Gasteiger partial charge in [0.1, 0.15) is 11.7 Å². The first kappa shape index (κ1) is 17.4. The molecule has 0 saturated carbocycles. The van der Waals surface area contributed by atoms with Gasteiger partial charge in [-0.2, -0.15) is 0 Å². The van der Waals surface area contributed by atoms with E-state index >= 15 is 0 Å². The molecular formula is C15H18N4O5. The summed E-state index contributed by atoms with van der Waals surface area (Å²) in [5.41, 5.74) is 0.610. The third-order valence-electron chi connectivity index (χ3n) is 3.54. The maximum atomic E-state index is 12.3. The van der Waals surface area contributed by atoms with Crippen molar-refractivity contribution >= 4 is 28.4 Å². The minimum Gasteiger partial charge on any atom is -0.391 e. The molecule has 24 heavy (non-hydrogen) atoms. The van der Waals surface area contributed by atoms with E-state index in [9.17, 15) is 24.8 Å². The van der Waals surface area contributed by atoms with E-state index in [1.54, 1.807) is 0 Å². The summed E-state index contributed by atoms with van der Waals surface area (Å²) in [5.74, 6) is -1.03. The molecule has 0 aliphatic carbocycles. The second-order valence-electron chi connectivity index (χ2n) is 5.64. The number of aliphatic hydroxyl groups excluding tert-OH is 1. The zero-order valence-corrected chi connectivity index (χ0v) is 13.4. The third-order valence-corrected chi connectivity index (χ3v) is 3.54. The van der Waals surface area contributed by atoms with Crippen LogP contribution in [-0.4, -0.2) is 58.0 Å². The molecular weight excluding hydrogens is 316 g/mol. The van der Waals surface area contributed by atoms with Gasteiger partial charge < -0.3 is 20.3 Å². The van der Waals surface area contributed by atoms with Crippen molar-refractivity contribution in [3.63, 3.8) is 0 Å². The Bertz CT molecular complexity index is 796. The second kappa shape index (κ2) is 6.67. The van der Waals surface area contributed by atoms with Crippen molar-refractivity contribution < 1.29 is 19.6 Å². The average Bonchev–Trinajstić information content (AvgIpc) is 2.94. The van der Waals surface area contributed by atoms with Crippen LogP contribution >= 0.6 is 0 Å². The maximum absolute atomic E-state index is 12.3. The molecule has 0 bridgehead atoms. The molecule has 2 amide bonds. The van der Waals surface area contributed by atoms with Gasteiger partial charge in [0, 0.05) is 37.1 Å². The summed E-state index contributed by atoms with van der Waals surface area (Å²) < 4.78 is 0. The Labute approximate surface area is 137 Å². The molecule has 2 aromatic rings. The number of aromatic amines is 1. The number of benzene rings is 1. The Hall–Kier alpha value is -2.94. The van der Waals surface area contributed by atoms with E-state index < -0.39 is 28.9 Å². The lowest BCUT2D eigenvalue weighted by molar-refractivity contribution is -0.384. The van der Waals surface area contributed by atoms with Crippen LogP contribution in [0.2, 0.25) is 0 Å². The Balaban J connectivity index is 2.27. The van der Waals surface area contributed by atoms with Gasteiger partial charge >= 0.3 is 0 Å². The molecule has 3 N–H and O–H groups in total. The molecule has 0 radical (unpaired) electrons. The van der Waals surface area contributed by atoms with E-state index in [0.717, 1.165) is 0 Å². The molecule has 0 aliphatic rings. The van der Waals surface area contributed by atoms with Gasteiger partial charge in [-0.15, -0.1) is 0 Å². The van der Waals surface area contributed by atoms with Gasteiger partial charge in [-0.05, 0) is 19.1 Å². The smallest absolute Gasteiger partial charge is 0.270 e. The number of carbonyl (C=O) groups is 2. The highest BCUT2D eigenvalue weighted by atomic mass is 16.6. The zero-order valence-electron chi connectivity index (χ0n) is 13.4. The first-order chi connectivity index (χ1) is 11.2. The van der Waals surface area contributed by atoms with Crippen LogP contribution < -0.4 is 5.32 Å². The molecule has 1 heterocycles. The minimum absolute atomic E-state index is 0.0851. The average molecular weight is 334 g/mol. The Morgan fingerprint density at radius 2 is 2.00 bits per heavy atom. The van der Waals surface area contributed by atoms with Gasteiger partial charge in [0.2, 0.25) is 5.91 Å². The van der Waals surface area contributed by atoms with Crippen molar-refractivity contribution in [1.82, 2.24) is 15.2 Å². The van der Waals surface area contributed by atoms with Crippen molar-refractivity contribution in [2.24, 2.45) is 0 Å². The number of non-ortho nitro benzene ring substituents is 1. The summed E-state index contributed by atoms with van der Waals surface area (Å²) in [7, 11) is 3.04. The fourth-order valence-corrected chi connectivity index (χ4v) is 2.24. The molecule has 0 fully saturated rings. The van der Waals surface area contributed by atoms with Crippen LogP contribution in [0.5, 0.6) is 0 Å². The molecule has 0 aliphatic heterocycles. The predicted molar refractivity (Wildman–Crippen MR) is 86.6 cm³/mol. The Kier molecular flexibility index (Phi) is 4.84. The van der Waals surface area contributed by atoms with Crippen LogP contribution in [0.3, 0.4) is 0 Å². The lowest BCUT2D eigenvalue weighted by Gasteiger charge is -2.23. The van der Waals surface area contributed by atoms with Crippen molar-refractivity contribution in [3.8, 4) is 0 Å². The second-order valence-corrected chi connectivity index (χ2v) is 5.64. The highest BCUT2D eigenvalue weighted by Crippen LogP contribution is 2.21. The lowest BCUT2D eigenvalue weighted by Crippen LogP contribution is -2.52. The number of fused-ring (bicyclic) bond motifs is 1. The number of amides is 2. The van der Waals surface area contributed by atoms with Crippen LogP contribution in [-0.2, 0) is 4.79 Å². The number of nitrogens with zero attached hydrogens (tertiary/aromatic N) is 2. The maximum Gasteiger partial charge on any atom is 0.270 e. The highest BCUT2D eigenvalue weighted by Gasteiger charge is 2.27. The van der Waals surface area contributed by atoms with Gasteiger partial charge in [0.05, 0.1) is 11.0 Å². The highest BCUT2D eigenvalue weighted by molar-refractivity contribution is 6.00. The fourth-order valence-electron chi connectivity index (χ4n) is 2.24. The summed E-state index contributed by atoms with van der Waals surface area (Å²) in [6.45, 7) is 1.40. The molecule has 1 aromatic heterocycles. The van der Waals surface area contributed by atoms with E-state index in [0.29, 0.717) is 10.9 Å². The van der Waals surface area contributed by atoms with Crippen molar-refractivity contribution in [2.45, 2.75) is 19.1 Å². The number of likely N-dealkylation sites (N-methyl/N-ethyl adjacent to an activating group) is 1. The molecule has 0 saturated heterocycles. The number of carbonyl (C=O) groups excluding carboxylic acids is 2.